The summed E-state index contributed by atoms with van der Waals surface area (Å²) >= 11 is 0. The topological polar surface area (TPSA) is 222 Å². The Morgan fingerprint density at radius 2 is 0.895 bits per heavy atom. The van der Waals surface area contributed by atoms with Gasteiger partial charge in [0.1, 0.15) is 6.04 Å². The third kappa shape index (κ3) is 26.3. The van der Waals surface area contributed by atoms with Gasteiger partial charge in [0, 0.05) is 26.2 Å². The van der Waals surface area contributed by atoms with Crippen LogP contribution in [0.5, 0.6) is 0 Å². The molecule has 0 spiro atoms. The first-order chi connectivity index (χ1) is 18.0. The molecule has 0 fully saturated rings. The van der Waals surface area contributed by atoms with E-state index in [1.807, 2.05) is 41.5 Å². The van der Waals surface area contributed by atoms with Crippen LogP contribution in [-0.4, -0.2) is 135 Å². The molecule has 1 unspecified atom stereocenters. The molecule has 14 nitrogen and oxygen atoms in total. The highest BCUT2D eigenvalue weighted by molar-refractivity contribution is 5.74. The van der Waals surface area contributed by atoms with Crippen LogP contribution in [0.3, 0.4) is 0 Å². The van der Waals surface area contributed by atoms with Crippen molar-refractivity contribution in [2.75, 3.05) is 58.9 Å². The number of nitrogens with two attached hydrogens (primary N) is 1. The van der Waals surface area contributed by atoms with Crippen molar-refractivity contribution >= 4 is 29.8 Å². The van der Waals surface area contributed by atoms with E-state index in [2.05, 4.69) is 0 Å². The summed E-state index contributed by atoms with van der Waals surface area (Å²) in [5.41, 5.74) is 5.45. The quantitative estimate of drug-likeness (QED) is 0.115. The van der Waals surface area contributed by atoms with E-state index < -0.39 is 62.1 Å². The largest absolute Gasteiger partial charge is 0.480 e. The maximum Gasteiger partial charge on any atom is 0.320 e. The monoisotopic (exact) mass is 554 g/mol. The van der Waals surface area contributed by atoms with E-state index in [1.165, 1.54) is 4.90 Å². The molecular formula is C24H50N4O10. The Labute approximate surface area is 226 Å². The summed E-state index contributed by atoms with van der Waals surface area (Å²) in [7, 11) is 0. The van der Waals surface area contributed by atoms with Gasteiger partial charge in [0.25, 0.3) is 0 Å². The first-order valence-electron chi connectivity index (χ1n) is 12.9. The van der Waals surface area contributed by atoms with Crippen molar-refractivity contribution in [2.45, 2.75) is 66.8 Å². The molecular weight excluding hydrogens is 504 g/mol. The summed E-state index contributed by atoms with van der Waals surface area (Å²) in [6.07, 6.45) is 1.28. The van der Waals surface area contributed by atoms with Crippen LogP contribution in [0, 0.1) is 0 Å². The standard InChI is InChI=1S/C18H32N4O10.3C2H6/c19-4-2-1-3-13(18(31)32)22(7-5-20(9-14(23)24)10-15(25)26)8-6-21(11-16(27)28)12-17(29)30;3*1-2/h13H,1-12,19H2,(H,23,24)(H,25,26)(H,27,28)(H,29,30)(H,31,32);3*1-2H3. The number of carboxylic acid groups (broad SMARTS) is 5. The summed E-state index contributed by atoms with van der Waals surface area (Å²) in [5, 5.41) is 45.6. The minimum Gasteiger partial charge on any atom is -0.480 e. The minimum atomic E-state index is -1.25. The molecule has 0 heterocycles. The summed E-state index contributed by atoms with van der Waals surface area (Å²) in [4.78, 5) is 59.6. The molecule has 7 N–H and O–H groups in total. The van der Waals surface area contributed by atoms with E-state index >= 15 is 0 Å². The second-order valence-electron chi connectivity index (χ2n) is 7.17. The summed E-state index contributed by atoms with van der Waals surface area (Å²) in [6, 6.07) is -1.02. The maximum atomic E-state index is 11.9. The van der Waals surface area contributed by atoms with Crippen LogP contribution in [-0.2, 0) is 24.0 Å². The molecule has 0 radical (unpaired) electrons. The molecule has 0 aromatic heterocycles. The van der Waals surface area contributed by atoms with Gasteiger partial charge in [-0.1, -0.05) is 48.0 Å². The van der Waals surface area contributed by atoms with Crippen LogP contribution in [0.4, 0.5) is 0 Å². The molecule has 1 atom stereocenters. The molecule has 14 heteroatoms. The van der Waals surface area contributed by atoms with Gasteiger partial charge in [-0.3, -0.25) is 38.7 Å². The summed E-state index contributed by atoms with van der Waals surface area (Å²) in [6.45, 7) is 9.94. The maximum absolute atomic E-state index is 11.9. The zero-order chi connectivity index (χ0) is 30.7. The Morgan fingerprint density at radius 3 is 1.13 bits per heavy atom. The molecule has 0 rings (SSSR count). The van der Waals surface area contributed by atoms with Gasteiger partial charge >= 0.3 is 29.8 Å². The van der Waals surface area contributed by atoms with Gasteiger partial charge in [-0.25, -0.2) is 0 Å². The zero-order valence-electron chi connectivity index (χ0n) is 23.8. The second kappa shape index (κ2) is 28.8. The van der Waals surface area contributed by atoms with Crippen molar-refractivity contribution in [3.8, 4) is 0 Å². The van der Waals surface area contributed by atoms with Crippen LogP contribution < -0.4 is 5.73 Å². The van der Waals surface area contributed by atoms with Gasteiger partial charge in [0.2, 0.25) is 0 Å². The first-order valence-corrected chi connectivity index (χ1v) is 12.9. The van der Waals surface area contributed by atoms with Crippen molar-refractivity contribution < 1.29 is 49.5 Å². The van der Waals surface area contributed by atoms with Crippen LogP contribution in [0.15, 0.2) is 0 Å². The van der Waals surface area contributed by atoms with Crippen molar-refractivity contribution in [3.63, 3.8) is 0 Å². The van der Waals surface area contributed by atoms with Crippen LogP contribution in [0.25, 0.3) is 0 Å². The van der Waals surface area contributed by atoms with Gasteiger partial charge in [0.15, 0.2) is 0 Å². The number of nitrogens with zero attached hydrogens (tertiary/aromatic N) is 3. The molecule has 0 saturated carbocycles. The number of aliphatic carboxylic acids is 5. The lowest BCUT2D eigenvalue weighted by Crippen LogP contribution is -2.50. The third-order valence-corrected chi connectivity index (χ3v) is 4.50. The highest BCUT2D eigenvalue weighted by atomic mass is 16.4. The van der Waals surface area contributed by atoms with Gasteiger partial charge in [0.05, 0.1) is 26.2 Å². The molecule has 0 aromatic rings. The number of hydrogen-bond acceptors (Lipinski definition) is 9. The Bertz CT molecular complexity index is 578. The highest BCUT2D eigenvalue weighted by Gasteiger charge is 2.27. The smallest absolute Gasteiger partial charge is 0.320 e. The van der Waals surface area contributed by atoms with E-state index in [9.17, 15) is 29.1 Å². The molecule has 0 aliphatic carbocycles. The lowest BCUT2D eigenvalue weighted by molar-refractivity contribution is -0.146. The Kier molecular flexibility index (Phi) is 32.0. The predicted molar refractivity (Wildman–Crippen MR) is 143 cm³/mol. The average molecular weight is 555 g/mol. The van der Waals surface area contributed by atoms with E-state index in [0.29, 0.717) is 19.4 Å². The van der Waals surface area contributed by atoms with E-state index in [4.69, 9.17) is 26.2 Å². The van der Waals surface area contributed by atoms with Crippen LogP contribution in [0.1, 0.15) is 60.8 Å². The van der Waals surface area contributed by atoms with Crippen molar-refractivity contribution in [3.05, 3.63) is 0 Å². The lowest BCUT2D eigenvalue weighted by Gasteiger charge is -2.32. The zero-order valence-corrected chi connectivity index (χ0v) is 23.8. The normalized spacial score (nSPS) is 10.8. The molecule has 0 bridgehead atoms. The number of hydrogen-bond donors (Lipinski definition) is 6. The Balaban J connectivity index is -0.000000892. The first kappa shape index (κ1) is 42.3. The third-order valence-electron chi connectivity index (χ3n) is 4.50. The van der Waals surface area contributed by atoms with Crippen molar-refractivity contribution in [1.29, 1.82) is 0 Å². The fraction of sp³-hybridized carbons (Fsp3) is 0.792. The van der Waals surface area contributed by atoms with Crippen LogP contribution in [0.2, 0.25) is 0 Å². The van der Waals surface area contributed by atoms with Gasteiger partial charge in [-0.05, 0) is 19.4 Å². The van der Waals surface area contributed by atoms with Crippen molar-refractivity contribution in [2.24, 2.45) is 5.73 Å². The fourth-order valence-corrected chi connectivity index (χ4v) is 3.10. The number of carbonyl (C=O) groups is 5. The fourth-order valence-electron chi connectivity index (χ4n) is 3.10. The summed E-state index contributed by atoms with van der Waals surface area (Å²) < 4.78 is 0. The SMILES string of the molecule is CC.CC.CC.NCCCCC(C(=O)O)N(CCN(CC(=O)O)CC(=O)O)CCN(CC(=O)O)CC(=O)O. The van der Waals surface area contributed by atoms with Gasteiger partial charge in [-0.15, -0.1) is 0 Å². The molecule has 226 valence electrons. The number of carboxylic acids is 5. The van der Waals surface area contributed by atoms with E-state index in [0.717, 1.165) is 9.80 Å². The molecule has 0 amide bonds. The Morgan fingerprint density at radius 1 is 0.579 bits per heavy atom. The highest BCUT2D eigenvalue weighted by Crippen LogP contribution is 2.11. The molecule has 0 saturated heterocycles. The van der Waals surface area contributed by atoms with Gasteiger partial charge in [-0.2, -0.15) is 0 Å². The van der Waals surface area contributed by atoms with E-state index in [-0.39, 0.29) is 32.6 Å². The molecule has 0 aromatic carbocycles. The number of unbranched alkanes of at least 4 members (excludes halogenated alkanes) is 1. The number of rotatable bonds is 20. The second-order valence-corrected chi connectivity index (χ2v) is 7.17. The van der Waals surface area contributed by atoms with Crippen molar-refractivity contribution in [1.82, 2.24) is 14.7 Å². The van der Waals surface area contributed by atoms with Gasteiger partial charge < -0.3 is 31.3 Å². The lowest BCUT2D eigenvalue weighted by atomic mass is 10.1. The average Bonchev–Trinajstić information content (AvgIpc) is 2.84. The molecule has 38 heavy (non-hydrogen) atoms. The molecule has 0 aliphatic rings. The Hall–Kier alpha value is -2.81. The van der Waals surface area contributed by atoms with Crippen LogP contribution >= 0.6 is 0 Å². The minimum absolute atomic E-state index is 0.0197. The molecule has 0 aliphatic heterocycles. The van der Waals surface area contributed by atoms with E-state index in [1.54, 1.807) is 0 Å². The summed E-state index contributed by atoms with van der Waals surface area (Å²) in [5.74, 6) is -6.14. The predicted octanol–water partition coefficient (Wildman–Crippen LogP) is 0.892.